The Labute approximate surface area is 148 Å². The predicted octanol–water partition coefficient (Wildman–Crippen LogP) is 0.899. The topological polar surface area (TPSA) is 90.4 Å². The molecule has 6 nitrogen and oxygen atoms in total. The molecule has 0 atom stereocenters. The van der Waals surface area contributed by atoms with E-state index in [0.717, 1.165) is 44.6 Å². The van der Waals surface area contributed by atoms with Gasteiger partial charge in [0.25, 0.3) is 0 Å². The molecule has 0 bridgehead atoms. The molecule has 1 aromatic carbocycles. The maximum Gasteiger partial charge on any atom is 0.223 e. The number of aryl methyl sites for hydroxylation is 1. The third-order valence-electron chi connectivity index (χ3n) is 5.37. The third-order valence-corrected chi connectivity index (χ3v) is 5.37. The molecule has 25 heavy (non-hydrogen) atoms. The molecule has 1 aromatic rings. The minimum absolute atomic E-state index is 0.0153. The molecule has 2 amide bonds. The van der Waals surface area contributed by atoms with Crippen molar-refractivity contribution in [3.8, 4) is 6.07 Å². The number of carbonyl (C=O) groups is 2. The van der Waals surface area contributed by atoms with Crippen molar-refractivity contribution in [1.29, 1.82) is 5.26 Å². The van der Waals surface area contributed by atoms with Gasteiger partial charge in [-0.3, -0.25) is 14.5 Å². The second-order valence-corrected chi connectivity index (χ2v) is 6.97. The summed E-state index contributed by atoms with van der Waals surface area (Å²) in [5.74, 6) is 0.0157. The van der Waals surface area contributed by atoms with Gasteiger partial charge in [0.15, 0.2) is 0 Å². The number of piperidine rings is 1. The molecular weight excluding hydrogens is 316 g/mol. The predicted molar refractivity (Wildman–Crippen MR) is 93.3 cm³/mol. The van der Waals surface area contributed by atoms with Crippen molar-refractivity contribution in [3.05, 3.63) is 35.4 Å². The van der Waals surface area contributed by atoms with Crippen molar-refractivity contribution in [3.63, 3.8) is 0 Å². The lowest BCUT2D eigenvalue weighted by atomic mass is 9.93. The summed E-state index contributed by atoms with van der Waals surface area (Å²) < 4.78 is 0. The van der Waals surface area contributed by atoms with Crippen LogP contribution in [0.3, 0.4) is 0 Å². The number of primary amides is 1. The molecule has 0 saturated carbocycles. The van der Waals surface area contributed by atoms with E-state index < -0.39 is 0 Å². The van der Waals surface area contributed by atoms with Crippen LogP contribution >= 0.6 is 0 Å². The molecule has 0 aromatic heterocycles. The number of nitrogens with two attached hydrogens (primary N) is 1. The van der Waals surface area contributed by atoms with Gasteiger partial charge >= 0.3 is 0 Å². The molecule has 2 aliphatic heterocycles. The number of hydrogen-bond donors (Lipinski definition) is 1. The molecule has 2 heterocycles. The van der Waals surface area contributed by atoms with Gasteiger partial charge in [-0.1, -0.05) is 12.1 Å². The van der Waals surface area contributed by atoms with Crippen LogP contribution in [0.15, 0.2) is 24.3 Å². The lowest BCUT2D eigenvalue weighted by molar-refractivity contribution is -0.139. The average Bonchev–Trinajstić information content (AvgIpc) is 2.59. The number of nitriles is 1. The SMILES string of the molecule is N#Cc1ccc(CCC(=O)N2CC(N3CCC(C(N)=O)CC3)C2)cc1. The van der Waals surface area contributed by atoms with Gasteiger partial charge in [-0.15, -0.1) is 0 Å². The van der Waals surface area contributed by atoms with Gasteiger partial charge < -0.3 is 10.6 Å². The van der Waals surface area contributed by atoms with E-state index in [1.165, 1.54) is 0 Å². The van der Waals surface area contributed by atoms with Crippen molar-refractivity contribution in [1.82, 2.24) is 9.80 Å². The quantitative estimate of drug-likeness (QED) is 0.862. The summed E-state index contributed by atoms with van der Waals surface area (Å²) >= 11 is 0. The molecular formula is C19H24N4O2. The average molecular weight is 340 g/mol. The molecule has 2 N–H and O–H groups in total. The molecule has 0 unspecified atom stereocenters. The minimum Gasteiger partial charge on any atom is -0.369 e. The fourth-order valence-corrected chi connectivity index (χ4v) is 3.59. The summed E-state index contributed by atoms with van der Waals surface area (Å²) in [5, 5.41) is 8.80. The van der Waals surface area contributed by atoms with Crippen molar-refractivity contribution in [2.24, 2.45) is 11.7 Å². The fraction of sp³-hybridized carbons (Fsp3) is 0.526. The summed E-state index contributed by atoms with van der Waals surface area (Å²) in [5.41, 5.74) is 7.09. The largest absolute Gasteiger partial charge is 0.369 e. The first-order valence-electron chi connectivity index (χ1n) is 8.87. The molecule has 6 heteroatoms. The zero-order valence-corrected chi connectivity index (χ0v) is 14.4. The number of nitrogens with zero attached hydrogens (tertiary/aromatic N) is 3. The highest BCUT2D eigenvalue weighted by Gasteiger charge is 2.36. The van der Waals surface area contributed by atoms with Gasteiger partial charge in [0.1, 0.15) is 0 Å². The van der Waals surface area contributed by atoms with E-state index in [1.807, 2.05) is 17.0 Å². The Morgan fingerprint density at radius 2 is 1.80 bits per heavy atom. The first-order chi connectivity index (χ1) is 12.1. The van der Waals surface area contributed by atoms with Gasteiger partial charge in [0, 0.05) is 31.5 Å². The highest BCUT2D eigenvalue weighted by atomic mass is 16.2. The smallest absolute Gasteiger partial charge is 0.223 e. The Balaban J connectivity index is 1.38. The van der Waals surface area contributed by atoms with Gasteiger partial charge in [-0.25, -0.2) is 0 Å². The van der Waals surface area contributed by atoms with E-state index >= 15 is 0 Å². The van der Waals surface area contributed by atoms with Crippen LogP contribution in [0.5, 0.6) is 0 Å². The number of benzene rings is 1. The summed E-state index contributed by atoms with van der Waals surface area (Å²) in [7, 11) is 0. The van der Waals surface area contributed by atoms with Crippen molar-refractivity contribution in [2.45, 2.75) is 31.7 Å². The normalized spacial score (nSPS) is 19.2. The molecule has 0 radical (unpaired) electrons. The van der Waals surface area contributed by atoms with Gasteiger partial charge in [0.2, 0.25) is 11.8 Å². The Morgan fingerprint density at radius 3 is 2.36 bits per heavy atom. The van der Waals surface area contributed by atoms with E-state index in [4.69, 9.17) is 11.0 Å². The highest BCUT2D eigenvalue weighted by molar-refractivity contribution is 5.77. The highest BCUT2D eigenvalue weighted by Crippen LogP contribution is 2.23. The Bertz CT molecular complexity index is 666. The number of hydrogen-bond acceptors (Lipinski definition) is 4. The van der Waals surface area contributed by atoms with Crippen molar-refractivity contribution in [2.75, 3.05) is 26.2 Å². The lowest BCUT2D eigenvalue weighted by Crippen LogP contribution is -2.62. The van der Waals surface area contributed by atoms with Crippen LogP contribution in [0.25, 0.3) is 0 Å². The van der Waals surface area contributed by atoms with E-state index in [1.54, 1.807) is 12.1 Å². The molecule has 2 fully saturated rings. The summed E-state index contributed by atoms with van der Waals surface area (Å²) in [6.45, 7) is 3.36. The van der Waals surface area contributed by atoms with E-state index in [0.29, 0.717) is 24.4 Å². The number of rotatable bonds is 5. The van der Waals surface area contributed by atoms with Crippen LogP contribution in [-0.2, 0) is 16.0 Å². The van der Waals surface area contributed by atoms with Crippen LogP contribution < -0.4 is 5.73 Å². The lowest BCUT2D eigenvalue weighted by Gasteiger charge is -2.47. The maximum atomic E-state index is 12.3. The first-order valence-corrected chi connectivity index (χ1v) is 8.87. The summed E-state index contributed by atoms with van der Waals surface area (Å²) in [4.78, 5) is 27.8. The molecule has 3 rings (SSSR count). The standard InChI is InChI=1S/C19H24N4O2/c20-11-15-3-1-14(2-4-15)5-6-18(24)23-12-17(13-23)22-9-7-16(8-10-22)19(21)25/h1-4,16-17H,5-10,12-13H2,(H2,21,25). The first kappa shape index (κ1) is 17.4. The van der Waals surface area contributed by atoms with Crippen LogP contribution in [0.1, 0.15) is 30.4 Å². The fourth-order valence-electron chi connectivity index (χ4n) is 3.59. The molecule has 132 valence electrons. The van der Waals surface area contributed by atoms with Crippen LogP contribution in [0.4, 0.5) is 0 Å². The van der Waals surface area contributed by atoms with Gasteiger partial charge in [-0.2, -0.15) is 5.26 Å². The minimum atomic E-state index is -0.187. The monoisotopic (exact) mass is 340 g/mol. The number of likely N-dealkylation sites (tertiary alicyclic amines) is 2. The summed E-state index contributed by atoms with van der Waals surface area (Å²) in [6.07, 6.45) is 2.87. The van der Waals surface area contributed by atoms with Gasteiger partial charge in [-0.05, 0) is 50.0 Å². The zero-order valence-electron chi connectivity index (χ0n) is 14.4. The number of carbonyl (C=O) groups excluding carboxylic acids is 2. The number of amides is 2. The molecule has 0 spiro atoms. The van der Waals surface area contributed by atoms with E-state index in [-0.39, 0.29) is 17.7 Å². The Morgan fingerprint density at radius 1 is 1.16 bits per heavy atom. The van der Waals surface area contributed by atoms with E-state index in [2.05, 4.69) is 11.0 Å². The Hall–Kier alpha value is -2.39. The molecule has 2 aliphatic rings. The molecule has 0 aliphatic carbocycles. The van der Waals surface area contributed by atoms with Crippen molar-refractivity contribution >= 4 is 11.8 Å². The summed E-state index contributed by atoms with van der Waals surface area (Å²) in [6, 6.07) is 9.91. The third kappa shape index (κ3) is 4.18. The second-order valence-electron chi connectivity index (χ2n) is 6.97. The van der Waals surface area contributed by atoms with Crippen LogP contribution in [-0.4, -0.2) is 53.8 Å². The van der Waals surface area contributed by atoms with Crippen LogP contribution in [0, 0.1) is 17.2 Å². The van der Waals surface area contributed by atoms with E-state index in [9.17, 15) is 9.59 Å². The molecule has 2 saturated heterocycles. The maximum absolute atomic E-state index is 12.3. The van der Waals surface area contributed by atoms with Crippen molar-refractivity contribution < 1.29 is 9.59 Å². The second kappa shape index (κ2) is 7.66. The Kier molecular flexibility index (Phi) is 5.34. The van der Waals surface area contributed by atoms with Gasteiger partial charge in [0.05, 0.1) is 11.6 Å². The van der Waals surface area contributed by atoms with Crippen LogP contribution in [0.2, 0.25) is 0 Å². The zero-order chi connectivity index (χ0) is 17.8.